The Hall–Kier alpha value is -4.45. The van der Waals surface area contributed by atoms with Crippen LogP contribution in [0.2, 0.25) is 10.0 Å². The Morgan fingerprint density at radius 1 is 0.870 bits per heavy atom. The van der Waals surface area contributed by atoms with Crippen LogP contribution in [0.3, 0.4) is 0 Å². The van der Waals surface area contributed by atoms with Gasteiger partial charge in [-0.05, 0) is 47.9 Å². The van der Waals surface area contributed by atoms with Crippen molar-refractivity contribution in [1.29, 1.82) is 5.26 Å². The fourth-order valence-corrected chi connectivity index (χ4v) is 7.44. The second kappa shape index (κ2) is 13.9. The number of halogens is 2. The molecule has 1 saturated heterocycles. The first-order chi connectivity index (χ1) is 22.3. The summed E-state index contributed by atoms with van der Waals surface area (Å²) in [4.78, 5) is 32.1. The summed E-state index contributed by atoms with van der Waals surface area (Å²) in [7, 11) is 0. The van der Waals surface area contributed by atoms with E-state index in [-0.39, 0.29) is 26.9 Å². The minimum absolute atomic E-state index is 0.0355. The molecule has 5 aromatic rings. The molecule has 230 valence electrons. The fourth-order valence-electron chi connectivity index (χ4n) is 5.86. The van der Waals surface area contributed by atoms with Gasteiger partial charge < -0.3 is 4.90 Å². The van der Waals surface area contributed by atoms with Crippen LogP contribution in [-0.4, -0.2) is 46.5 Å². The van der Waals surface area contributed by atoms with Crippen molar-refractivity contribution in [2.24, 2.45) is 0 Å². The van der Waals surface area contributed by atoms with Crippen LogP contribution >= 0.6 is 34.5 Å². The number of benzene rings is 4. The average molecular weight is 666 g/mol. The van der Waals surface area contributed by atoms with Gasteiger partial charge in [-0.2, -0.15) is 5.26 Å². The highest BCUT2D eigenvalue weighted by molar-refractivity contribution is 7.07. The summed E-state index contributed by atoms with van der Waals surface area (Å²) in [6.45, 7) is 4.07. The standard InChI is InChI=1S/C37H30Cl2N4O2S/c1-25-9-8-10-26(21-25)22-33-36(45)43(32-16-15-29(38)23-31(32)39)37(46-33)30(24-40)35(44)42-19-17-41(18-20-42)34(27-11-4-2-5-12-27)28-13-6-3-7-14-28/h2-16,21-23,34H,17-20H2,1H3/b33-22+,37-30+. The lowest BCUT2D eigenvalue weighted by molar-refractivity contribution is -0.126. The Balaban J connectivity index is 1.39. The summed E-state index contributed by atoms with van der Waals surface area (Å²) < 4.78 is 1.97. The third-order valence-corrected chi connectivity index (χ3v) is 9.68. The molecule has 6 nitrogen and oxygen atoms in total. The monoisotopic (exact) mass is 664 g/mol. The molecule has 0 bridgehead atoms. The van der Waals surface area contributed by atoms with Crippen molar-refractivity contribution in [2.45, 2.75) is 13.0 Å². The van der Waals surface area contributed by atoms with Gasteiger partial charge >= 0.3 is 0 Å². The van der Waals surface area contributed by atoms with Crippen molar-refractivity contribution in [1.82, 2.24) is 14.4 Å². The SMILES string of the molecule is Cc1cccc(/C=c2/s/c(=C(\C#N)C(=O)N3CCN(C(c4ccccc4)c4ccccc4)CC3)n(-c3ccc(Cl)cc3Cl)c2=O)c1. The molecule has 2 heterocycles. The van der Waals surface area contributed by atoms with Gasteiger partial charge in [-0.25, -0.2) is 0 Å². The zero-order valence-corrected chi connectivity index (χ0v) is 27.4. The van der Waals surface area contributed by atoms with Crippen molar-refractivity contribution in [2.75, 3.05) is 26.2 Å². The molecule has 0 N–H and O–H groups in total. The Morgan fingerprint density at radius 3 is 2.11 bits per heavy atom. The predicted molar refractivity (Wildman–Crippen MR) is 186 cm³/mol. The van der Waals surface area contributed by atoms with Gasteiger partial charge in [0.2, 0.25) is 0 Å². The lowest BCUT2D eigenvalue weighted by Gasteiger charge is -2.39. The number of hydrogen-bond donors (Lipinski definition) is 0. The van der Waals surface area contributed by atoms with Crippen molar-refractivity contribution in [3.8, 4) is 11.8 Å². The van der Waals surface area contributed by atoms with Crippen LogP contribution in [0.15, 0.2) is 108 Å². The molecule has 1 aliphatic rings. The van der Waals surface area contributed by atoms with Crippen LogP contribution in [0, 0.1) is 18.3 Å². The maximum atomic E-state index is 14.1. The van der Waals surface area contributed by atoms with Gasteiger partial charge in [0.05, 0.1) is 21.3 Å². The summed E-state index contributed by atoms with van der Waals surface area (Å²) in [6.07, 6.45) is 1.77. The molecule has 46 heavy (non-hydrogen) atoms. The molecule has 6 rings (SSSR count). The first kappa shape index (κ1) is 31.5. The Bertz CT molecular complexity index is 2070. The number of nitriles is 1. The molecule has 0 unspecified atom stereocenters. The molecular weight excluding hydrogens is 635 g/mol. The lowest BCUT2D eigenvalue weighted by Crippen LogP contribution is -2.50. The zero-order chi connectivity index (χ0) is 32.2. The number of amides is 1. The summed E-state index contributed by atoms with van der Waals surface area (Å²) in [6, 6.07) is 35.4. The van der Waals surface area contributed by atoms with Gasteiger partial charge in [0.1, 0.15) is 10.7 Å². The average Bonchev–Trinajstić information content (AvgIpc) is 3.37. The van der Waals surface area contributed by atoms with Crippen LogP contribution < -0.4 is 14.8 Å². The van der Waals surface area contributed by atoms with E-state index in [2.05, 4.69) is 35.2 Å². The van der Waals surface area contributed by atoms with Crippen molar-refractivity contribution in [3.63, 3.8) is 0 Å². The molecule has 1 amide bonds. The number of rotatable bonds is 6. The van der Waals surface area contributed by atoms with E-state index in [0.29, 0.717) is 41.4 Å². The van der Waals surface area contributed by atoms with Gasteiger partial charge in [0, 0.05) is 31.2 Å². The predicted octanol–water partition coefficient (Wildman–Crippen LogP) is 5.95. The normalized spacial score (nSPS) is 14.8. The highest BCUT2D eigenvalue weighted by Gasteiger charge is 2.30. The summed E-state index contributed by atoms with van der Waals surface area (Å²) >= 11 is 13.9. The number of carbonyl (C=O) groups is 1. The number of aromatic nitrogens is 1. The molecule has 4 aromatic carbocycles. The number of thiazole rings is 1. The van der Waals surface area contributed by atoms with Gasteiger partial charge in [0.15, 0.2) is 5.57 Å². The molecule has 1 aliphatic heterocycles. The molecule has 0 radical (unpaired) electrons. The van der Waals surface area contributed by atoms with E-state index in [1.54, 1.807) is 29.2 Å². The second-order valence-electron chi connectivity index (χ2n) is 11.1. The van der Waals surface area contributed by atoms with Gasteiger partial charge in [-0.3, -0.25) is 19.1 Å². The van der Waals surface area contributed by atoms with E-state index in [4.69, 9.17) is 23.2 Å². The minimum atomic E-state index is -0.416. The van der Waals surface area contributed by atoms with Crippen LogP contribution in [-0.2, 0) is 4.79 Å². The summed E-state index contributed by atoms with van der Waals surface area (Å²) in [5.74, 6) is -0.416. The largest absolute Gasteiger partial charge is 0.335 e. The van der Waals surface area contributed by atoms with Crippen LogP contribution in [0.5, 0.6) is 0 Å². The maximum absolute atomic E-state index is 14.1. The first-order valence-corrected chi connectivity index (χ1v) is 16.4. The molecule has 9 heteroatoms. The Morgan fingerprint density at radius 2 is 1.52 bits per heavy atom. The van der Waals surface area contributed by atoms with Gasteiger partial charge in [0.25, 0.3) is 11.5 Å². The quantitative estimate of drug-likeness (QED) is 0.225. The molecule has 0 saturated carbocycles. The number of hydrogen-bond acceptors (Lipinski definition) is 5. The lowest BCUT2D eigenvalue weighted by atomic mass is 9.96. The van der Waals surface area contributed by atoms with Gasteiger partial charge in [-0.1, -0.05) is 114 Å². The van der Waals surface area contributed by atoms with Crippen LogP contribution in [0.4, 0.5) is 0 Å². The summed E-state index contributed by atoms with van der Waals surface area (Å²) in [5, 5.41) is 11.1. The molecule has 0 atom stereocenters. The van der Waals surface area contributed by atoms with E-state index in [0.717, 1.165) is 22.5 Å². The van der Waals surface area contributed by atoms with Crippen molar-refractivity contribution in [3.05, 3.63) is 155 Å². The third kappa shape index (κ3) is 6.57. The molecule has 1 fully saturated rings. The van der Waals surface area contributed by atoms with E-state index in [1.807, 2.05) is 67.6 Å². The van der Waals surface area contributed by atoms with E-state index in [1.165, 1.54) is 15.7 Å². The molecular formula is C37H30Cl2N4O2S. The number of carbonyl (C=O) groups excluding carboxylic acids is 1. The number of nitrogens with zero attached hydrogens (tertiary/aromatic N) is 4. The van der Waals surface area contributed by atoms with E-state index >= 15 is 0 Å². The Labute approximate surface area is 281 Å². The molecule has 0 spiro atoms. The second-order valence-corrected chi connectivity index (χ2v) is 13.0. The minimum Gasteiger partial charge on any atom is -0.335 e. The zero-order valence-electron chi connectivity index (χ0n) is 25.1. The fraction of sp³-hybridized carbons (Fsp3) is 0.162. The highest BCUT2D eigenvalue weighted by Crippen LogP contribution is 2.30. The topological polar surface area (TPSA) is 69.3 Å². The van der Waals surface area contributed by atoms with Crippen molar-refractivity contribution < 1.29 is 4.79 Å². The molecule has 0 aliphatic carbocycles. The third-order valence-electron chi connectivity index (χ3n) is 8.05. The smallest absolute Gasteiger partial charge is 0.273 e. The van der Waals surface area contributed by atoms with E-state index in [9.17, 15) is 14.9 Å². The van der Waals surface area contributed by atoms with Crippen LogP contribution in [0.25, 0.3) is 17.3 Å². The van der Waals surface area contributed by atoms with Crippen LogP contribution in [0.1, 0.15) is 28.3 Å². The first-order valence-electron chi connectivity index (χ1n) is 14.9. The van der Waals surface area contributed by atoms with Gasteiger partial charge in [-0.15, -0.1) is 11.3 Å². The molecule has 1 aromatic heterocycles. The highest BCUT2D eigenvalue weighted by atomic mass is 35.5. The number of aryl methyl sites for hydroxylation is 1. The maximum Gasteiger partial charge on any atom is 0.273 e. The van der Waals surface area contributed by atoms with Crippen molar-refractivity contribution >= 4 is 52.1 Å². The number of piperazine rings is 1. The van der Waals surface area contributed by atoms with E-state index < -0.39 is 5.91 Å². The Kier molecular flexibility index (Phi) is 9.53. The summed E-state index contributed by atoms with van der Waals surface area (Å²) in [5.41, 5.74) is 4.12.